The number of nitrogens with zero attached hydrogens (tertiary/aromatic N) is 1. The molecule has 7 heteroatoms. The Morgan fingerprint density at radius 3 is 2.38 bits per heavy atom. The topological polar surface area (TPSA) is 95.6 Å². The van der Waals surface area contributed by atoms with E-state index in [-0.39, 0.29) is 47.9 Å². The van der Waals surface area contributed by atoms with Crippen molar-refractivity contribution >= 4 is 23.5 Å². The Balaban J connectivity index is 1.75. The van der Waals surface area contributed by atoms with Gasteiger partial charge < -0.3 is 15.5 Å². The summed E-state index contributed by atoms with van der Waals surface area (Å²) in [5.41, 5.74) is -0.0190. The minimum absolute atomic E-state index is 0.0190. The Morgan fingerprint density at radius 1 is 1.09 bits per heavy atom. The maximum atomic E-state index is 13.6. The fraction of sp³-hybridized carbons (Fsp3) is 0.704. The molecule has 0 aromatic carbocycles. The second-order valence-corrected chi connectivity index (χ2v) is 10.9. The van der Waals surface area contributed by atoms with Crippen LogP contribution in [0.4, 0.5) is 0 Å². The number of carbonyl (C=O) groups is 4. The predicted octanol–water partition coefficient (Wildman–Crippen LogP) is 3.01. The molecule has 0 aromatic heterocycles. The zero-order valence-corrected chi connectivity index (χ0v) is 21.0. The van der Waals surface area contributed by atoms with Crippen molar-refractivity contribution in [1.29, 1.82) is 0 Å². The number of carbonyl (C=O) groups excluding carboxylic acids is 4. The van der Waals surface area contributed by atoms with Crippen molar-refractivity contribution < 1.29 is 19.2 Å². The molecule has 5 atom stereocenters. The lowest BCUT2D eigenvalue weighted by atomic mass is 9.80. The number of hydrogen-bond donors (Lipinski definition) is 2. The molecule has 34 heavy (non-hydrogen) atoms. The van der Waals surface area contributed by atoms with Gasteiger partial charge in [0.2, 0.25) is 17.6 Å². The third-order valence-corrected chi connectivity index (χ3v) is 8.43. The molecule has 3 aliphatic rings. The highest BCUT2D eigenvalue weighted by Crippen LogP contribution is 2.65. The second kappa shape index (κ2) is 10.9. The molecule has 7 nitrogen and oxygen atoms in total. The lowest BCUT2D eigenvalue weighted by Gasteiger charge is -2.35. The third-order valence-electron chi connectivity index (χ3n) is 8.43. The Labute approximate surface area is 203 Å². The first kappa shape index (κ1) is 26.2. The number of hydrogen-bond acceptors (Lipinski definition) is 4. The summed E-state index contributed by atoms with van der Waals surface area (Å²) in [7, 11) is 0. The van der Waals surface area contributed by atoms with E-state index in [1.54, 1.807) is 11.0 Å². The summed E-state index contributed by atoms with van der Waals surface area (Å²) in [6.07, 6.45) is 9.59. The standard InChI is InChI=1S/C27H41N3O4/c1-6-8-14-20(23(31)25(33)28-15-7-2)29-24(32)22-21-19(27(21,4)5)16-30(22)26(34)17(3)18-12-10-9-11-13-18/h6-7,17-22H,1-2,8-16H2,3-5H3,(H,28,33)(H,29,32)/t17-,19-,20?,21-,22-/m0/s1. The van der Waals surface area contributed by atoms with Crippen LogP contribution in [0.25, 0.3) is 0 Å². The lowest BCUT2D eigenvalue weighted by molar-refractivity contribution is -0.146. The Morgan fingerprint density at radius 2 is 1.76 bits per heavy atom. The molecule has 0 radical (unpaired) electrons. The largest absolute Gasteiger partial charge is 0.346 e. The zero-order chi connectivity index (χ0) is 25.0. The summed E-state index contributed by atoms with van der Waals surface area (Å²) in [5.74, 6) is -1.11. The van der Waals surface area contributed by atoms with Crippen molar-refractivity contribution in [2.45, 2.75) is 77.8 Å². The molecule has 2 N–H and O–H groups in total. The molecular weight excluding hydrogens is 430 g/mol. The highest BCUT2D eigenvalue weighted by atomic mass is 16.2. The fourth-order valence-electron chi connectivity index (χ4n) is 6.13. The summed E-state index contributed by atoms with van der Waals surface area (Å²) in [4.78, 5) is 53.9. The normalized spacial score (nSPS) is 27.1. The van der Waals surface area contributed by atoms with Crippen LogP contribution >= 0.6 is 0 Å². The SMILES string of the molecule is C=CCCC(NC(=O)[C@@H]1[C@@H]2[C@H](CN1C(=O)[C@@H](C)C1CCCCC1)C2(C)C)C(=O)C(=O)NCC=C. The molecule has 3 amide bonds. The molecule has 188 valence electrons. The van der Waals surface area contributed by atoms with E-state index in [9.17, 15) is 19.2 Å². The minimum Gasteiger partial charge on any atom is -0.346 e. The van der Waals surface area contributed by atoms with Crippen LogP contribution in [0.2, 0.25) is 0 Å². The first-order valence-electron chi connectivity index (χ1n) is 12.8. The predicted molar refractivity (Wildman–Crippen MR) is 132 cm³/mol. The van der Waals surface area contributed by atoms with Crippen LogP contribution in [0.15, 0.2) is 25.3 Å². The molecule has 1 unspecified atom stereocenters. The van der Waals surface area contributed by atoms with Gasteiger partial charge in [0.25, 0.3) is 5.91 Å². The number of Topliss-reactive ketones (excluding diaryl/α,β-unsaturated/α-hetero) is 1. The van der Waals surface area contributed by atoms with Gasteiger partial charge in [0, 0.05) is 19.0 Å². The number of ketones is 1. The summed E-state index contributed by atoms with van der Waals surface area (Å²) >= 11 is 0. The quantitative estimate of drug-likeness (QED) is 0.358. The van der Waals surface area contributed by atoms with Gasteiger partial charge in [-0.2, -0.15) is 0 Å². The Kier molecular flexibility index (Phi) is 8.37. The van der Waals surface area contributed by atoms with Crippen LogP contribution in [0.3, 0.4) is 0 Å². The van der Waals surface area contributed by atoms with E-state index in [1.807, 2.05) is 6.92 Å². The number of nitrogens with one attached hydrogen (secondary N) is 2. The van der Waals surface area contributed by atoms with Crippen LogP contribution < -0.4 is 10.6 Å². The molecular formula is C27H41N3O4. The van der Waals surface area contributed by atoms with Crippen molar-refractivity contribution in [3.63, 3.8) is 0 Å². The highest BCUT2D eigenvalue weighted by molar-refractivity contribution is 6.38. The van der Waals surface area contributed by atoms with Crippen molar-refractivity contribution in [2.24, 2.45) is 29.1 Å². The summed E-state index contributed by atoms with van der Waals surface area (Å²) in [6.45, 7) is 14.3. The maximum Gasteiger partial charge on any atom is 0.289 e. The summed E-state index contributed by atoms with van der Waals surface area (Å²) in [5, 5.41) is 5.32. The average molecular weight is 472 g/mol. The number of rotatable bonds is 11. The van der Waals surface area contributed by atoms with Gasteiger partial charge in [0.15, 0.2) is 0 Å². The van der Waals surface area contributed by atoms with Gasteiger partial charge in [-0.1, -0.05) is 52.2 Å². The molecule has 3 rings (SSSR count). The molecule has 0 aromatic rings. The number of allylic oxidation sites excluding steroid dienone is 1. The monoisotopic (exact) mass is 471 g/mol. The molecule has 1 aliphatic heterocycles. The van der Waals surface area contributed by atoms with E-state index in [0.717, 1.165) is 25.7 Å². The maximum absolute atomic E-state index is 13.6. The molecule has 3 fully saturated rings. The molecule has 1 saturated heterocycles. The van der Waals surface area contributed by atoms with Crippen LogP contribution in [0, 0.1) is 29.1 Å². The van der Waals surface area contributed by atoms with E-state index in [0.29, 0.717) is 18.9 Å². The number of piperidine rings is 1. The highest BCUT2D eigenvalue weighted by Gasteiger charge is 2.69. The van der Waals surface area contributed by atoms with Gasteiger partial charge in [0.1, 0.15) is 6.04 Å². The molecule has 1 heterocycles. The minimum atomic E-state index is -0.955. The van der Waals surface area contributed by atoms with Crippen molar-refractivity contribution in [2.75, 3.05) is 13.1 Å². The van der Waals surface area contributed by atoms with E-state index in [2.05, 4.69) is 37.6 Å². The van der Waals surface area contributed by atoms with E-state index >= 15 is 0 Å². The van der Waals surface area contributed by atoms with Crippen LogP contribution in [-0.4, -0.2) is 53.6 Å². The van der Waals surface area contributed by atoms with Crippen LogP contribution in [0.5, 0.6) is 0 Å². The third kappa shape index (κ3) is 5.28. The molecule has 2 aliphatic carbocycles. The van der Waals surface area contributed by atoms with Gasteiger partial charge in [-0.15, -0.1) is 13.2 Å². The zero-order valence-electron chi connectivity index (χ0n) is 21.0. The van der Waals surface area contributed by atoms with E-state index in [4.69, 9.17) is 0 Å². The summed E-state index contributed by atoms with van der Waals surface area (Å²) < 4.78 is 0. The van der Waals surface area contributed by atoms with Gasteiger partial charge >= 0.3 is 0 Å². The smallest absolute Gasteiger partial charge is 0.289 e. The number of fused-ring (bicyclic) bond motifs is 1. The van der Waals surface area contributed by atoms with Gasteiger partial charge in [-0.05, 0) is 48.9 Å². The molecule has 0 spiro atoms. The van der Waals surface area contributed by atoms with Crippen LogP contribution in [-0.2, 0) is 19.2 Å². The van der Waals surface area contributed by atoms with Crippen molar-refractivity contribution in [1.82, 2.24) is 15.5 Å². The first-order valence-corrected chi connectivity index (χ1v) is 12.8. The Bertz CT molecular complexity index is 830. The second-order valence-electron chi connectivity index (χ2n) is 10.9. The van der Waals surface area contributed by atoms with Gasteiger partial charge in [0.05, 0.1) is 6.04 Å². The van der Waals surface area contributed by atoms with Crippen molar-refractivity contribution in [3.05, 3.63) is 25.3 Å². The number of amides is 3. The molecule has 0 bridgehead atoms. The van der Waals surface area contributed by atoms with Gasteiger partial charge in [-0.25, -0.2) is 0 Å². The van der Waals surface area contributed by atoms with E-state index < -0.39 is 23.8 Å². The first-order chi connectivity index (χ1) is 16.1. The Hall–Kier alpha value is -2.44. The fourth-order valence-corrected chi connectivity index (χ4v) is 6.13. The van der Waals surface area contributed by atoms with E-state index in [1.165, 1.54) is 12.5 Å². The average Bonchev–Trinajstić information content (AvgIpc) is 3.16. The number of likely N-dealkylation sites (tertiary alicyclic amines) is 1. The van der Waals surface area contributed by atoms with Crippen LogP contribution in [0.1, 0.15) is 65.7 Å². The lowest BCUT2D eigenvalue weighted by Crippen LogP contribution is -2.56. The van der Waals surface area contributed by atoms with Crippen molar-refractivity contribution in [3.8, 4) is 0 Å². The molecule has 2 saturated carbocycles. The van der Waals surface area contributed by atoms with Gasteiger partial charge in [-0.3, -0.25) is 19.2 Å². The summed E-state index contributed by atoms with van der Waals surface area (Å²) in [6, 6.07) is -1.56.